The van der Waals surface area contributed by atoms with E-state index in [9.17, 15) is 31.5 Å². The molecule has 4 rings (SSSR count). The predicted molar refractivity (Wildman–Crippen MR) is 121 cm³/mol. The SMILES string of the molecule is CCOC(=O)c1sc(NC(=O)C(c2ccc(-c3nnn(C)n3)cc2)C2CCC(F)(F)C2)nc1C(F)(F)F. The first kappa shape index (κ1) is 26.6. The van der Waals surface area contributed by atoms with Crippen molar-refractivity contribution < 1.29 is 36.3 Å². The maximum atomic E-state index is 14.1. The van der Waals surface area contributed by atoms with Crippen LogP contribution in [0.25, 0.3) is 11.4 Å². The fraction of sp³-hybridized carbons (Fsp3) is 0.455. The number of hydrogen-bond donors (Lipinski definition) is 1. The van der Waals surface area contributed by atoms with Crippen LogP contribution in [0.1, 0.15) is 53.0 Å². The van der Waals surface area contributed by atoms with Gasteiger partial charge in [0.15, 0.2) is 10.8 Å². The van der Waals surface area contributed by atoms with Crippen LogP contribution >= 0.6 is 11.3 Å². The summed E-state index contributed by atoms with van der Waals surface area (Å²) >= 11 is 0.308. The molecule has 0 spiro atoms. The number of aryl methyl sites for hydroxylation is 1. The fourth-order valence-electron chi connectivity index (χ4n) is 4.23. The van der Waals surface area contributed by atoms with Crippen molar-refractivity contribution in [1.82, 2.24) is 25.2 Å². The van der Waals surface area contributed by atoms with E-state index < -0.39 is 64.4 Å². The molecule has 2 heterocycles. The summed E-state index contributed by atoms with van der Waals surface area (Å²) in [5.41, 5.74) is -0.538. The zero-order valence-electron chi connectivity index (χ0n) is 19.6. The second-order valence-electron chi connectivity index (χ2n) is 8.47. The van der Waals surface area contributed by atoms with Gasteiger partial charge >= 0.3 is 12.1 Å². The molecular weight excluding hydrogens is 523 g/mol. The van der Waals surface area contributed by atoms with Crippen LogP contribution in [0.5, 0.6) is 0 Å². The van der Waals surface area contributed by atoms with Crippen LogP contribution in [0, 0.1) is 5.92 Å². The molecule has 1 fully saturated rings. The second kappa shape index (κ2) is 10.1. The topological polar surface area (TPSA) is 112 Å². The summed E-state index contributed by atoms with van der Waals surface area (Å²) in [5, 5.41) is 13.5. The molecule has 9 nitrogen and oxygen atoms in total. The number of carbonyl (C=O) groups excluding carboxylic acids is 2. The number of amides is 1. The summed E-state index contributed by atoms with van der Waals surface area (Å²) in [7, 11) is 1.58. The molecule has 1 aromatic carbocycles. The highest BCUT2D eigenvalue weighted by atomic mass is 32.1. The summed E-state index contributed by atoms with van der Waals surface area (Å²) in [6.07, 6.45) is -5.90. The van der Waals surface area contributed by atoms with Crippen molar-refractivity contribution in [3.8, 4) is 11.4 Å². The largest absolute Gasteiger partial charge is 0.462 e. The van der Waals surface area contributed by atoms with E-state index >= 15 is 0 Å². The van der Waals surface area contributed by atoms with Gasteiger partial charge in [0.1, 0.15) is 4.88 Å². The van der Waals surface area contributed by atoms with Gasteiger partial charge in [0.2, 0.25) is 17.7 Å². The number of tetrazole rings is 1. The number of hydrogen-bond acceptors (Lipinski definition) is 8. The van der Waals surface area contributed by atoms with E-state index in [0.717, 1.165) is 0 Å². The molecule has 0 aliphatic heterocycles. The van der Waals surface area contributed by atoms with Crippen LogP contribution in [0.3, 0.4) is 0 Å². The third-order valence-corrected chi connectivity index (χ3v) is 6.77. The Bertz CT molecular complexity index is 1290. The molecular formula is C22H21F5N6O3S. The number of anilines is 1. The highest BCUT2D eigenvalue weighted by molar-refractivity contribution is 7.17. The van der Waals surface area contributed by atoms with Gasteiger partial charge in [-0.1, -0.05) is 35.6 Å². The van der Waals surface area contributed by atoms with E-state index in [1.807, 2.05) is 0 Å². The second-order valence-corrected chi connectivity index (χ2v) is 9.46. The van der Waals surface area contributed by atoms with Gasteiger partial charge in [0.05, 0.1) is 19.6 Å². The van der Waals surface area contributed by atoms with Gasteiger partial charge in [-0.15, -0.1) is 10.2 Å². The lowest BCUT2D eigenvalue weighted by molar-refractivity contribution is -0.141. The Hall–Kier alpha value is -3.49. The monoisotopic (exact) mass is 544 g/mol. The van der Waals surface area contributed by atoms with Crippen LogP contribution in [0.15, 0.2) is 24.3 Å². The summed E-state index contributed by atoms with van der Waals surface area (Å²) in [5.74, 6) is -6.58. The molecule has 198 valence electrons. The number of carbonyl (C=O) groups is 2. The van der Waals surface area contributed by atoms with E-state index in [1.165, 1.54) is 11.7 Å². The quantitative estimate of drug-likeness (QED) is 0.339. The molecule has 2 aromatic heterocycles. The van der Waals surface area contributed by atoms with Crippen molar-refractivity contribution in [2.24, 2.45) is 13.0 Å². The minimum Gasteiger partial charge on any atom is -0.462 e. The third-order valence-electron chi connectivity index (χ3n) is 5.82. The molecule has 0 bridgehead atoms. The minimum absolute atomic E-state index is 0.0400. The first-order valence-electron chi connectivity index (χ1n) is 11.2. The summed E-state index contributed by atoms with van der Waals surface area (Å²) in [4.78, 5) is 29.2. The highest BCUT2D eigenvalue weighted by Gasteiger charge is 2.46. The van der Waals surface area contributed by atoms with Gasteiger partial charge in [-0.2, -0.15) is 18.0 Å². The Morgan fingerprint density at radius 3 is 2.51 bits per heavy atom. The normalized spacial score (nSPS) is 18.0. The Balaban J connectivity index is 1.64. The molecule has 1 saturated carbocycles. The fourth-order valence-corrected chi connectivity index (χ4v) is 5.11. The first-order valence-corrected chi connectivity index (χ1v) is 12.0. The Morgan fingerprint density at radius 1 is 1.27 bits per heavy atom. The van der Waals surface area contributed by atoms with Crippen molar-refractivity contribution in [3.05, 3.63) is 40.4 Å². The van der Waals surface area contributed by atoms with Gasteiger partial charge in [-0.3, -0.25) is 4.79 Å². The number of alkyl halides is 5. The Kier molecular flexibility index (Phi) is 7.26. The number of nitrogens with zero attached hydrogens (tertiary/aromatic N) is 5. The van der Waals surface area contributed by atoms with E-state index in [0.29, 0.717) is 28.3 Å². The van der Waals surface area contributed by atoms with Crippen molar-refractivity contribution in [1.29, 1.82) is 0 Å². The lowest BCUT2D eigenvalue weighted by Crippen LogP contribution is -2.27. The highest BCUT2D eigenvalue weighted by Crippen LogP contribution is 2.46. The van der Waals surface area contributed by atoms with Crippen molar-refractivity contribution in [2.45, 2.75) is 44.2 Å². The molecule has 2 atom stereocenters. The number of ether oxygens (including phenoxy) is 1. The molecule has 1 amide bonds. The number of benzene rings is 1. The van der Waals surface area contributed by atoms with Crippen LogP contribution in [0.4, 0.5) is 27.1 Å². The third kappa shape index (κ3) is 5.92. The predicted octanol–water partition coefficient (Wildman–Crippen LogP) is 4.69. The zero-order valence-corrected chi connectivity index (χ0v) is 20.4. The molecule has 15 heteroatoms. The number of halogens is 5. The number of rotatable bonds is 7. The smallest absolute Gasteiger partial charge is 0.435 e. The van der Waals surface area contributed by atoms with Crippen LogP contribution in [0.2, 0.25) is 0 Å². The molecule has 1 aliphatic rings. The van der Waals surface area contributed by atoms with Gasteiger partial charge in [-0.05, 0) is 30.0 Å². The molecule has 0 saturated heterocycles. The summed E-state index contributed by atoms with van der Waals surface area (Å²) < 4.78 is 73.2. The molecule has 1 aliphatic carbocycles. The van der Waals surface area contributed by atoms with Crippen molar-refractivity contribution in [2.75, 3.05) is 11.9 Å². The average Bonchev–Trinajstić information content (AvgIpc) is 3.53. The van der Waals surface area contributed by atoms with Crippen LogP contribution < -0.4 is 5.32 Å². The molecule has 37 heavy (non-hydrogen) atoms. The Labute approximate surface area is 211 Å². The minimum atomic E-state index is -4.97. The maximum Gasteiger partial charge on any atom is 0.435 e. The first-order chi connectivity index (χ1) is 17.4. The lowest BCUT2D eigenvalue weighted by atomic mass is 9.83. The molecule has 0 radical (unpaired) electrons. The number of esters is 1. The number of aromatic nitrogens is 5. The average molecular weight is 545 g/mol. The summed E-state index contributed by atoms with van der Waals surface area (Å²) in [6, 6.07) is 6.31. The van der Waals surface area contributed by atoms with Crippen LogP contribution in [-0.2, 0) is 22.8 Å². The van der Waals surface area contributed by atoms with E-state index in [4.69, 9.17) is 0 Å². The number of nitrogens with one attached hydrogen (secondary N) is 1. The standard InChI is InChI=1S/C22H21F5N6O3S/c1-3-36-19(35)15-16(22(25,26)27)28-20(37-15)29-18(34)14(13-8-9-21(23,24)10-13)11-4-6-12(7-5-11)17-30-32-33(2)31-17/h4-7,13-14H,3,8-10H2,1-2H3,(H,28,29,34). The number of thiazole rings is 1. The summed E-state index contributed by atoms with van der Waals surface area (Å²) in [6.45, 7) is 1.27. The molecule has 2 unspecified atom stereocenters. The van der Waals surface area contributed by atoms with Crippen molar-refractivity contribution in [3.63, 3.8) is 0 Å². The van der Waals surface area contributed by atoms with Gasteiger partial charge in [0.25, 0.3) is 0 Å². The van der Waals surface area contributed by atoms with Gasteiger partial charge in [0, 0.05) is 18.4 Å². The van der Waals surface area contributed by atoms with Crippen molar-refractivity contribution >= 4 is 28.3 Å². The van der Waals surface area contributed by atoms with E-state index in [-0.39, 0.29) is 13.0 Å². The maximum absolute atomic E-state index is 14.1. The zero-order chi connectivity index (χ0) is 27.0. The Morgan fingerprint density at radius 2 is 1.97 bits per heavy atom. The van der Waals surface area contributed by atoms with E-state index in [1.54, 1.807) is 31.3 Å². The van der Waals surface area contributed by atoms with Gasteiger partial charge < -0.3 is 10.1 Å². The molecule has 3 aromatic rings. The lowest BCUT2D eigenvalue weighted by Gasteiger charge is -2.23. The molecule has 1 N–H and O–H groups in total. The van der Waals surface area contributed by atoms with Gasteiger partial charge in [-0.25, -0.2) is 18.6 Å². The van der Waals surface area contributed by atoms with E-state index in [2.05, 4.69) is 30.4 Å². The van der Waals surface area contributed by atoms with Crippen LogP contribution in [-0.4, -0.2) is 49.6 Å².